The van der Waals surface area contributed by atoms with E-state index in [4.69, 9.17) is 26.2 Å². The molecular formula is C17H19ClO4. The van der Waals surface area contributed by atoms with E-state index in [0.29, 0.717) is 28.7 Å². The number of aliphatic hydroxyl groups excluding tert-OH is 2. The molecule has 1 atom stereocenters. The highest BCUT2D eigenvalue weighted by Gasteiger charge is 2.16. The summed E-state index contributed by atoms with van der Waals surface area (Å²) in [5, 5.41) is 19.2. The lowest BCUT2D eigenvalue weighted by Crippen LogP contribution is -2.16. The molecule has 0 spiro atoms. The van der Waals surface area contributed by atoms with Crippen molar-refractivity contribution in [3.05, 3.63) is 58.6 Å². The van der Waals surface area contributed by atoms with Crippen LogP contribution in [0.3, 0.4) is 0 Å². The van der Waals surface area contributed by atoms with Crippen LogP contribution in [0.1, 0.15) is 11.1 Å². The van der Waals surface area contributed by atoms with Crippen LogP contribution in [-0.4, -0.2) is 30.0 Å². The number of rotatable bonds is 7. The number of benzene rings is 2. The third-order valence-electron chi connectivity index (χ3n) is 3.21. The molecule has 4 nitrogen and oxygen atoms in total. The Hall–Kier alpha value is -1.75. The molecule has 2 aromatic carbocycles. The largest absolute Gasteiger partial charge is 0.493 e. The summed E-state index contributed by atoms with van der Waals surface area (Å²) in [6.07, 6.45) is -0.639. The molecule has 2 N–H and O–H groups in total. The second-order valence-corrected chi connectivity index (χ2v) is 5.35. The van der Waals surface area contributed by atoms with E-state index in [9.17, 15) is 5.11 Å². The zero-order valence-electron chi connectivity index (χ0n) is 12.3. The molecule has 0 heterocycles. The first kappa shape index (κ1) is 16.6. The topological polar surface area (TPSA) is 58.9 Å². The maximum absolute atomic E-state index is 9.69. The maximum Gasteiger partial charge on any atom is 0.165 e. The van der Waals surface area contributed by atoms with E-state index in [-0.39, 0.29) is 13.0 Å². The van der Waals surface area contributed by atoms with Crippen molar-refractivity contribution in [3.8, 4) is 11.5 Å². The van der Waals surface area contributed by atoms with Crippen LogP contribution >= 0.6 is 11.6 Å². The summed E-state index contributed by atoms with van der Waals surface area (Å²) in [6, 6.07) is 13.1. The van der Waals surface area contributed by atoms with Gasteiger partial charge in [0.1, 0.15) is 6.61 Å². The normalized spacial score (nSPS) is 12.0. The van der Waals surface area contributed by atoms with Gasteiger partial charge in [0, 0.05) is 23.1 Å². The number of ether oxygens (including phenoxy) is 2. The summed E-state index contributed by atoms with van der Waals surface area (Å²) in [6.45, 7) is 0.0496. The quantitative estimate of drug-likeness (QED) is 0.823. The van der Waals surface area contributed by atoms with Crippen molar-refractivity contribution in [1.29, 1.82) is 0 Å². The Bertz CT molecular complexity index is 601. The minimum Gasteiger partial charge on any atom is -0.493 e. The van der Waals surface area contributed by atoms with Gasteiger partial charge < -0.3 is 19.7 Å². The number of hydrogen-bond acceptors (Lipinski definition) is 4. The Morgan fingerprint density at radius 2 is 1.91 bits per heavy atom. The molecule has 5 heteroatoms. The van der Waals surface area contributed by atoms with Crippen LogP contribution in [0, 0.1) is 0 Å². The summed E-state index contributed by atoms with van der Waals surface area (Å²) in [4.78, 5) is 0. The first-order valence-corrected chi connectivity index (χ1v) is 7.34. The number of aliphatic hydroxyl groups is 2. The van der Waals surface area contributed by atoms with Gasteiger partial charge in [0.05, 0.1) is 19.8 Å². The summed E-state index contributed by atoms with van der Waals surface area (Å²) in [7, 11) is 1.54. The molecule has 0 aliphatic rings. The molecule has 2 aromatic rings. The molecule has 22 heavy (non-hydrogen) atoms. The van der Waals surface area contributed by atoms with E-state index in [1.165, 1.54) is 7.11 Å². The van der Waals surface area contributed by atoms with Crippen molar-refractivity contribution >= 4 is 11.6 Å². The molecule has 0 amide bonds. The fourth-order valence-electron chi connectivity index (χ4n) is 2.14. The number of methoxy groups -OCH3 is 1. The van der Waals surface area contributed by atoms with Crippen LogP contribution in [0.4, 0.5) is 0 Å². The minimum atomic E-state index is -0.873. The van der Waals surface area contributed by atoms with Crippen LogP contribution in [-0.2, 0) is 13.0 Å². The summed E-state index contributed by atoms with van der Waals surface area (Å²) < 4.78 is 11.2. The molecule has 0 saturated heterocycles. The van der Waals surface area contributed by atoms with Crippen LogP contribution in [0.2, 0.25) is 5.02 Å². The fourth-order valence-corrected chi connectivity index (χ4v) is 2.37. The smallest absolute Gasteiger partial charge is 0.165 e. The second-order valence-electron chi connectivity index (χ2n) is 4.91. The average Bonchev–Trinajstić information content (AvgIpc) is 2.54. The molecule has 0 aliphatic carbocycles. The lowest BCUT2D eigenvalue weighted by atomic mass is 10.1. The van der Waals surface area contributed by atoms with Crippen LogP contribution < -0.4 is 9.47 Å². The molecule has 0 radical (unpaired) electrons. The molecule has 0 fully saturated rings. The Kier molecular flexibility index (Phi) is 6.07. The zero-order valence-corrected chi connectivity index (χ0v) is 13.1. The van der Waals surface area contributed by atoms with Gasteiger partial charge in [0.2, 0.25) is 0 Å². The highest BCUT2D eigenvalue weighted by molar-refractivity contribution is 6.30. The van der Waals surface area contributed by atoms with Gasteiger partial charge in [-0.3, -0.25) is 0 Å². The maximum atomic E-state index is 9.69. The zero-order chi connectivity index (χ0) is 15.9. The second kappa shape index (κ2) is 8.03. The monoisotopic (exact) mass is 322 g/mol. The highest BCUT2D eigenvalue weighted by atomic mass is 35.5. The molecule has 0 saturated carbocycles. The van der Waals surface area contributed by atoms with Gasteiger partial charge in [-0.2, -0.15) is 0 Å². The van der Waals surface area contributed by atoms with E-state index in [1.807, 2.05) is 30.3 Å². The van der Waals surface area contributed by atoms with E-state index >= 15 is 0 Å². The Morgan fingerprint density at radius 3 is 2.55 bits per heavy atom. The summed E-state index contributed by atoms with van der Waals surface area (Å²) in [5.74, 6) is 1.03. The minimum absolute atomic E-state index is 0.234. The van der Waals surface area contributed by atoms with Crippen molar-refractivity contribution in [2.45, 2.75) is 19.1 Å². The van der Waals surface area contributed by atoms with E-state index in [0.717, 1.165) is 5.56 Å². The van der Waals surface area contributed by atoms with Crippen molar-refractivity contribution < 1.29 is 19.7 Å². The standard InChI is InChI=1S/C17H19ClO4/c1-21-16-9-14(18)7-13(8-15(20)10-19)17(16)22-11-12-5-3-2-4-6-12/h2-7,9,15,19-20H,8,10-11H2,1H3. The van der Waals surface area contributed by atoms with Gasteiger partial charge in [0.15, 0.2) is 11.5 Å². The molecule has 118 valence electrons. The predicted octanol–water partition coefficient (Wildman–Crippen LogP) is 2.82. The molecule has 0 aliphatic heterocycles. The van der Waals surface area contributed by atoms with Crippen LogP contribution in [0.5, 0.6) is 11.5 Å². The molecular weight excluding hydrogens is 304 g/mol. The first-order chi connectivity index (χ1) is 10.6. The van der Waals surface area contributed by atoms with Crippen LogP contribution in [0.15, 0.2) is 42.5 Å². The van der Waals surface area contributed by atoms with E-state index in [2.05, 4.69) is 0 Å². The van der Waals surface area contributed by atoms with Crippen molar-refractivity contribution in [2.75, 3.05) is 13.7 Å². The van der Waals surface area contributed by atoms with E-state index < -0.39 is 6.10 Å². The van der Waals surface area contributed by atoms with Gasteiger partial charge in [-0.1, -0.05) is 41.9 Å². The predicted molar refractivity (Wildman–Crippen MR) is 85.6 cm³/mol. The van der Waals surface area contributed by atoms with Crippen LogP contribution in [0.25, 0.3) is 0 Å². The Morgan fingerprint density at radius 1 is 1.18 bits per heavy atom. The SMILES string of the molecule is COc1cc(Cl)cc(CC(O)CO)c1OCc1ccccc1. The molecule has 0 bridgehead atoms. The van der Waals surface area contributed by atoms with Gasteiger partial charge in [0.25, 0.3) is 0 Å². The van der Waals surface area contributed by atoms with Crippen molar-refractivity contribution in [1.82, 2.24) is 0 Å². The molecule has 0 aromatic heterocycles. The van der Waals surface area contributed by atoms with E-state index in [1.54, 1.807) is 12.1 Å². The van der Waals surface area contributed by atoms with Crippen molar-refractivity contribution in [3.63, 3.8) is 0 Å². The molecule has 1 unspecified atom stereocenters. The van der Waals surface area contributed by atoms with Gasteiger partial charge in [-0.15, -0.1) is 0 Å². The molecule has 2 rings (SSSR count). The summed E-state index contributed by atoms with van der Waals surface area (Å²) in [5.41, 5.74) is 1.72. The third kappa shape index (κ3) is 4.37. The lowest BCUT2D eigenvalue weighted by Gasteiger charge is -2.17. The third-order valence-corrected chi connectivity index (χ3v) is 3.43. The van der Waals surface area contributed by atoms with Gasteiger partial charge in [-0.05, 0) is 11.6 Å². The average molecular weight is 323 g/mol. The fraction of sp³-hybridized carbons (Fsp3) is 0.294. The number of hydrogen-bond donors (Lipinski definition) is 2. The Balaban J connectivity index is 2.26. The summed E-state index contributed by atoms with van der Waals surface area (Å²) >= 11 is 6.06. The first-order valence-electron chi connectivity index (χ1n) is 6.96. The van der Waals surface area contributed by atoms with Crippen molar-refractivity contribution in [2.24, 2.45) is 0 Å². The number of halogens is 1. The highest BCUT2D eigenvalue weighted by Crippen LogP contribution is 2.36. The lowest BCUT2D eigenvalue weighted by molar-refractivity contribution is 0.0946. The Labute approximate surface area is 134 Å². The van der Waals surface area contributed by atoms with Gasteiger partial charge in [-0.25, -0.2) is 0 Å². The van der Waals surface area contributed by atoms with Gasteiger partial charge >= 0.3 is 0 Å².